The maximum Gasteiger partial charge on any atom is 0.319 e. The number of piperidine rings is 1. The van der Waals surface area contributed by atoms with Gasteiger partial charge in [0.25, 0.3) is 0 Å². The van der Waals surface area contributed by atoms with E-state index in [0.717, 1.165) is 77.7 Å². The number of aromatic nitrogens is 3. The summed E-state index contributed by atoms with van der Waals surface area (Å²) in [6.45, 7) is 11.0. The molecular weight excluding hydrogens is 784 g/mol. The van der Waals surface area contributed by atoms with Gasteiger partial charge >= 0.3 is 6.01 Å². The van der Waals surface area contributed by atoms with Crippen LogP contribution in [0.1, 0.15) is 70.3 Å². The molecule has 1 spiro atoms. The van der Waals surface area contributed by atoms with Crippen LogP contribution in [0, 0.1) is 29.4 Å². The number of anilines is 1. The molecule has 0 radical (unpaired) electrons. The number of alkyl halides is 1. The topological polar surface area (TPSA) is 107 Å². The van der Waals surface area contributed by atoms with Crippen molar-refractivity contribution in [2.24, 2.45) is 5.41 Å². The molecule has 9 rings (SSSR count). The molecule has 14 heteroatoms. The predicted octanol–water partition coefficient (Wildman–Crippen LogP) is 7.03. The van der Waals surface area contributed by atoms with Crippen LogP contribution in [0.3, 0.4) is 0 Å². The summed E-state index contributed by atoms with van der Waals surface area (Å²) >= 11 is 0. The van der Waals surface area contributed by atoms with Crippen LogP contribution in [-0.4, -0.2) is 130 Å². The number of fused-ring (bicyclic) bond motifs is 2. The van der Waals surface area contributed by atoms with Gasteiger partial charge in [0.05, 0.1) is 16.5 Å². The van der Waals surface area contributed by atoms with E-state index in [1.54, 1.807) is 4.90 Å². The van der Waals surface area contributed by atoms with E-state index < -0.39 is 23.3 Å². The molecule has 6 heterocycles. The van der Waals surface area contributed by atoms with Crippen molar-refractivity contribution in [3.05, 3.63) is 60.3 Å². The van der Waals surface area contributed by atoms with Crippen molar-refractivity contribution in [1.82, 2.24) is 29.7 Å². The summed E-state index contributed by atoms with van der Waals surface area (Å²) in [4.78, 5) is 35.3. The van der Waals surface area contributed by atoms with Gasteiger partial charge in [-0.3, -0.25) is 14.7 Å². The molecule has 2 aromatic carbocycles. The average Bonchev–Trinajstić information content (AvgIpc) is 3.84. The fourth-order valence-corrected chi connectivity index (χ4v) is 11.2. The van der Waals surface area contributed by atoms with Gasteiger partial charge in [-0.05, 0) is 106 Å². The van der Waals surface area contributed by atoms with E-state index >= 15 is 13.2 Å². The number of phenolic OH excluding ortho intramolecular Hbond substituents is 1. The Kier molecular flexibility index (Phi) is 11.1. The lowest BCUT2D eigenvalue weighted by molar-refractivity contribution is -0.126. The number of hydrogen-bond acceptors (Lipinski definition) is 10. The number of amides is 1. The predicted molar refractivity (Wildman–Crippen MR) is 228 cm³/mol. The van der Waals surface area contributed by atoms with Gasteiger partial charge in [-0.1, -0.05) is 18.6 Å². The number of halogens is 3. The highest BCUT2D eigenvalue weighted by Gasteiger charge is 2.54. The molecule has 4 aromatic rings. The van der Waals surface area contributed by atoms with Crippen LogP contribution in [0.5, 0.6) is 11.8 Å². The fourth-order valence-electron chi connectivity index (χ4n) is 11.2. The van der Waals surface area contributed by atoms with Crippen molar-refractivity contribution in [3.8, 4) is 35.4 Å². The van der Waals surface area contributed by atoms with Crippen LogP contribution in [0.4, 0.5) is 19.0 Å². The molecular formula is C47H54F3N7O4. The van der Waals surface area contributed by atoms with Crippen molar-refractivity contribution in [2.45, 2.75) is 94.5 Å². The first kappa shape index (κ1) is 41.4. The summed E-state index contributed by atoms with van der Waals surface area (Å²) in [5, 5.41) is 11.6. The van der Waals surface area contributed by atoms with Crippen molar-refractivity contribution in [2.75, 3.05) is 64.5 Å². The van der Waals surface area contributed by atoms with E-state index in [9.17, 15) is 9.90 Å². The second-order valence-corrected chi connectivity index (χ2v) is 18.3. The molecule has 5 aliphatic rings. The first-order chi connectivity index (χ1) is 29.4. The third-order valence-corrected chi connectivity index (χ3v) is 14.4. The largest absolute Gasteiger partial charge is 0.508 e. The molecule has 0 bridgehead atoms. The molecule has 4 aliphatic heterocycles. The van der Waals surface area contributed by atoms with E-state index in [2.05, 4.69) is 32.3 Å². The van der Waals surface area contributed by atoms with Gasteiger partial charge in [-0.25, -0.2) is 13.2 Å². The molecule has 0 unspecified atom stereocenters. The molecule has 1 N–H and O–H groups in total. The zero-order valence-electron chi connectivity index (χ0n) is 35.0. The van der Waals surface area contributed by atoms with Crippen LogP contribution in [0.15, 0.2) is 43.1 Å². The number of phenols is 1. The SMILES string of the molecule is C#Cc1c(F)ccc2cc(O)cc(-c3ncc4c(N(C)C[C@@H]5CCCN5C(=O)C=C)nc(OC[C@]5(C)C[C@@H](F)CN5C5CC6(CCN(C7CCOCC7)CC6)C5)nc4c3F)c12. The molecule has 4 saturated heterocycles. The lowest BCUT2D eigenvalue weighted by Crippen LogP contribution is -2.60. The molecule has 1 amide bonds. The number of nitrogens with zero attached hydrogens (tertiary/aromatic N) is 7. The van der Waals surface area contributed by atoms with Crippen LogP contribution in [-0.2, 0) is 9.53 Å². The number of terminal acetylenes is 1. The quantitative estimate of drug-likeness (QED) is 0.132. The van der Waals surface area contributed by atoms with Gasteiger partial charge < -0.3 is 29.3 Å². The maximum atomic E-state index is 17.2. The van der Waals surface area contributed by atoms with Crippen LogP contribution in [0.2, 0.25) is 0 Å². The number of aromatic hydroxyl groups is 1. The number of carbonyl (C=O) groups is 1. The Morgan fingerprint density at radius 1 is 1.11 bits per heavy atom. The summed E-state index contributed by atoms with van der Waals surface area (Å²) in [6.07, 6.45) is 15.9. The first-order valence-electron chi connectivity index (χ1n) is 21.7. The number of rotatable bonds is 10. The number of benzene rings is 2. The standard InChI is InChI=1S/C47H54F3N7O4/c1-5-35-38(49)10-9-29-20-34(58)21-36(40(29)35)42-41(50)43-37(25-51-42)44(54(4)27-32-8-7-15-56(32)39(59)6-2)53-45(52-43)61-28-46(3)22-30(48)26-57(46)33-23-47(24-33)13-16-55(17-14-47)31-11-18-60-19-12-31/h1,6,9-10,20-21,25,30-33,58H,2,7-8,11-19,22-24,26-28H2,3-4H3/t30-,32+,46+/m1/s1. The molecule has 1 saturated carbocycles. The normalized spacial score (nSPS) is 25.0. The van der Waals surface area contributed by atoms with Gasteiger partial charge in [0.1, 0.15) is 41.4 Å². The van der Waals surface area contributed by atoms with Crippen LogP contribution >= 0.6 is 0 Å². The number of hydrogen-bond donors (Lipinski definition) is 1. The molecule has 3 atom stereocenters. The molecule has 322 valence electrons. The van der Waals surface area contributed by atoms with Crippen molar-refractivity contribution in [3.63, 3.8) is 0 Å². The monoisotopic (exact) mass is 837 g/mol. The van der Waals surface area contributed by atoms with E-state index in [0.29, 0.717) is 36.9 Å². The first-order valence-corrected chi connectivity index (χ1v) is 21.7. The highest BCUT2D eigenvalue weighted by atomic mass is 19.1. The summed E-state index contributed by atoms with van der Waals surface area (Å²) in [6, 6.07) is 6.00. The van der Waals surface area contributed by atoms with Gasteiger partial charge in [-0.2, -0.15) is 9.97 Å². The third kappa shape index (κ3) is 7.67. The molecule has 2 aromatic heterocycles. The summed E-state index contributed by atoms with van der Waals surface area (Å²) in [7, 11) is 1.81. The third-order valence-electron chi connectivity index (χ3n) is 14.4. The maximum absolute atomic E-state index is 17.2. The van der Waals surface area contributed by atoms with E-state index in [1.165, 1.54) is 36.5 Å². The lowest BCUT2D eigenvalue weighted by Gasteiger charge is -2.57. The van der Waals surface area contributed by atoms with Gasteiger partial charge in [0.15, 0.2) is 5.82 Å². The summed E-state index contributed by atoms with van der Waals surface area (Å²) < 4.78 is 59.8. The lowest BCUT2D eigenvalue weighted by atomic mass is 9.59. The Morgan fingerprint density at radius 3 is 2.62 bits per heavy atom. The number of likely N-dealkylation sites (tertiary alicyclic amines) is 3. The summed E-state index contributed by atoms with van der Waals surface area (Å²) in [5.74, 6) is 0.853. The van der Waals surface area contributed by atoms with E-state index in [4.69, 9.17) is 20.9 Å². The zero-order chi connectivity index (χ0) is 42.6. The number of ether oxygens (including phenoxy) is 2. The minimum absolute atomic E-state index is 0.0783. The van der Waals surface area contributed by atoms with Crippen LogP contribution < -0.4 is 9.64 Å². The van der Waals surface area contributed by atoms with Crippen molar-refractivity contribution >= 4 is 33.4 Å². The van der Waals surface area contributed by atoms with E-state index in [1.807, 2.05) is 18.9 Å². The van der Waals surface area contributed by atoms with Gasteiger partial charge in [0.2, 0.25) is 5.91 Å². The highest BCUT2D eigenvalue weighted by Crippen LogP contribution is 2.54. The average molecular weight is 838 g/mol. The Balaban J connectivity index is 1.02. The minimum atomic E-state index is -1.02. The number of likely N-dealkylation sites (N-methyl/N-ethyl adjacent to an activating group) is 1. The highest BCUT2D eigenvalue weighted by molar-refractivity contribution is 6.03. The fraction of sp³-hybridized carbons (Fsp3) is 0.532. The second kappa shape index (κ2) is 16.4. The Labute approximate surface area is 354 Å². The van der Waals surface area contributed by atoms with Crippen molar-refractivity contribution < 1.29 is 32.5 Å². The number of pyridine rings is 1. The van der Waals surface area contributed by atoms with Gasteiger partial charge in [-0.15, -0.1) is 6.42 Å². The zero-order valence-corrected chi connectivity index (χ0v) is 35.0. The van der Waals surface area contributed by atoms with Gasteiger partial charge in [0, 0.05) is 81.6 Å². The molecule has 1 aliphatic carbocycles. The van der Waals surface area contributed by atoms with E-state index in [-0.39, 0.29) is 81.3 Å². The molecule has 61 heavy (non-hydrogen) atoms. The van der Waals surface area contributed by atoms with Crippen LogP contribution in [0.25, 0.3) is 32.9 Å². The summed E-state index contributed by atoms with van der Waals surface area (Å²) in [5.41, 5.74) is -0.675. The smallest absolute Gasteiger partial charge is 0.319 e. The molecule has 11 nitrogen and oxygen atoms in total. The Morgan fingerprint density at radius 2 is 1.89 bits per heavy atom. The Bertz CT molecular complexity index is 2390. The second-order valence-electron chi connectivity index (χ2n) is 18.3. The van der Waals surface area contributed by atoms with Crippen molar-refractivity contribution in [1.29, 1.82) is 0 Å². The number of carbonyl (C=O) groups excluding carboxylic acids is 1. The Hall–Kier alpha value is -4.97. The minimum Gasteiger partial charge on any atom is -0.508 e. The molecule has 5 fully saturated rings.